The highest BCUT2D eigenvalue weighted by molar-refractivity contribution is 7.89. The summed E-state index contributed by atoms with van der Waals surface area (Å²) in [6.07, 6.45) is 4.54. The van der Waals surface area contributed by atoms with Crippen molar-refractivity contribution in [1.29, 1.82) is 0 Å². The molecule has 1 aliphatic rings. The maximum atomic E-state index is 12.8. The molecule has 0 aromatic heterocycles. The minimum absolute atomic E-state index is 0.140. The molecule has 8 heteroatoms. The molecule has 156 valence electrons. The van der Waals surface area contributed by atoms with Crippen molar-refractivity contribution in [3.63, 3.8) is 0 Å². The number of benzene rings is 1. The second-order valence-electron chi connectivity index (χ2n) is 7.69. The first-order chi connectivity index (χ1) is 13.1. The Morgan fingerprint density at radius 2 is 1.71 bits per heavy atom. The molecule has 2 rings (SSSR count). The lowest BCUT2D eigenvalue weighted by Crippen LogP contribution is -2.51. The minimum atomic E-state index is -3.60. The number of esters is 1. The molecule has 1 N–H and O–H groups in total. The van der Waals surface area contributed by atoms with Gasteiger partial charge in [-0.25, -0.2) is 8.42 Å². The van der Waals surface area contributed by atoms with Crippen molar-refractivity contribution in [3.8, 4) is 0 Å². The van der Waals surface area contributed by atoms with Crippen molar-refractivity contribution in [2.45, 2.75) is 68.8 Å². The van der Waals surface area contributed by atoms with Crippen LogP contribution < -0.4 is 5.32 Å². The maximum absolute atomic E-state index is 12.8. The van der Waals surface area contributed by atoms with Gasteiger partial charge in [-0.2, -0.15) is 4.31 Å². The predicted molar refractivity (Wildman–Crippen MR) is 106 cm³/mol. The highest BCUT2D eigenvalue weighted by atomic mass is 32.2. The van der Waals surface area contributed by atoms with Crippen molar-refractivity contribution in [2.75, 3.05) is 14.2 Å². The highest BCUT2D eigenvalue weighted by Crippen LogP contribution is 2.32. The molecule has 0 unspecified atom stereocenters. The van der Waals surface area contributed by atoms with E-state index in [1.54, 1.807) is 13.8 Å². The largest absolute Gasteiger partial charge is 0.469 e. The zero-order valence-corrected chi connectivity index (χ0v) is 17.8. The summed E-state index contributed by atoms with van der Waals surface area (Å²) in [6.45, 7) is 3.59. The third kappa shape index (κ3) is 5.11. The predicted octanol–water partition coefficient (Wildman–Crippen LogP) is 2.71. The van der Waals surface area contributed by atoms with Crippen LogP contribution in [0, 0.1) is 0 Å². The number of nitrogens with one attached hydrogen (secondary N) is 1. The Labute approximate surface area is 167 Å². The fourth-order valence-corrected chi connectivity index (χ4v) is 4.83. The number of nitrogens with zero attached hydrogens (tertiary/aromatic N) is 1. The Morgan fingerprint density at radius 1 is 1.14 bits per heavy atom. The quantitative estimate of drug-likeness (QED) is 0.698. The second kappa shape index (κ2) is 9.05. The summed E-state index contributed by atoms with van der Waals surface area (Å²) in [5, 5.41) is 3.01. The SMILES string of the molecule is COC(=O)CC1(NC(=O)c2ccc(S(=O)(=O)N(C)C(C)C)cc2)CCCCC1. The van der Waals surface area contributed by atoms with E-state index in [9.17, 15) is 18.0 Å². The van der Waals surface area contributed by atoms with Crippen LogP contribution in [-0.4, -0.2) is 50.3 Å². The molecule has 1 amide bonds. The number of amides is 1. The molecule has 1 aromatic carbocycles. The monoisotopic (exact) mass is 410 g/mol. The van der Waals surface area contributed by atoms with E-state index in [0.717, 1.165) is 32.1 Å². The summed E-state index contributed by atoms with van der Waals surface area (Å²) in [7, 11) is -0.729. The van der Waals surface area contributed by atoms with E-state index in [4.69, 9.17) is 4.74 Å². The van der Waals surface area contributed by atoms with Crippen LogP contribution in [0.2, 0.25) is 0 Å². The molecule has 1 fully saturated rings. The van der Waals surface area contributed by atoms with Crippen LogP contribution in [0.1, 0.15) is 62.7 Å². The molecule has 7 nitrogen and oxygen atoms in total. The van der Waals surface area contributed by atoms with Crippen LogP contribution in [0.25, 0.3) is 0 Å². The normalized spacial score (nSPS) is 16.8. The molecule has 0 atom stereocenters. The fraction of sp³-hybridized carbons (Fsp3) is 0.600. The van der Waals surface area contributed by atoms with Gasteiger partial charge in [-0.05, 0) is 51.0 Å². The molecule has 0 spiro atoms. The Hall–Kier alpha value is -1.93. The molecule has 0 bridgehead atoms. The molecular formula is C20H30N2O5S. The van der Waals surface area contributed by atoms with E-state index in [-0.39, 0.29) is 29.2 Å². The number of hydrogen-bond acceptors (Lipinski definition) is 5. The van der Waals surface area contributed by atoms with E-state index in [0.29, 0.717) is 5.56 Å². The molecule has 0 aliphatic heterocycles. The Bertz CT molecular complexity index is 796. The van der Waals surface area contributed by atoms with Gasteiger partial charge in [0.25, 0.3) is 5.91 Å². The zero-order chi connectivity index (χ0) is 20.9. The molecule has 28 heavy (non-hydrogen) atoms. The number of rotatable bonds is 7. The van der Waals surface area contributed by atoms with Gasteiger partial charge in [0, 0.05) is 18.7 Å². The average Bonchev–Trinajstić information content (AvgIpc) is 2.67. The molecule has 0 saturated heterocycles. The zero-order valence-electron chi connectivity index (χ0n) is 17.0. The van der Waals surface area contributed by atoms with E-state index >= 15 is 0 Å². The van der Waals surface area contributed by atoms with Crippen molar-refractivity contribution in [3.05, 3.63) is 29.8 Å². The van der Waals surface area contributed by atoms with E-state index < -0.39 is 15.6 Å². The number of methoxy groups -OCH3 is 1. The van der Waals surface area contributed by atoms with Crippen LogP contribution in [0.5, 0.6) is 0 Å². The number of ether oxygens (including phenoxy) is 1. The summed E-state index contributed by atoms with van der Waals surface area (Å²) in [5.74, 6) is -0.660. The van der Waals surface area contributed by atoms with Gasteiger partial charge < -0.3 is 10.1 Å². The maximum Gasteiger partial charge on any atom is 0.307 e. The lowest BCUT2D eigenvalue weighted by atomic mass is 9.79. The van der Waals surface area contributed by atoms with E-state index in [1.807, 2.05) is 0 Å². The summed E-state index contributed by atoms with van der Waals surface area (Å²) in [4.78, 5) is 24.7. The van der Waals surface area contributed by atoms with Crippen molar-refractivity contribution < 1.29 is 22.7 Å². The molecular weight excluding hydrogens is 380 g/mol. The number of hydrogen-bond donors (Lipinski definition) is 1. The standard InChI is InChI=1S/C20H30N2O5S/c1-15(2)22(3)28(25,26)17-10-8-16(9-11-17)19(24)21-20(14-18(23)27-4)12-6-5-7-13-20/h8-11,15H,5-7,12-14H2,1-4H3,(H,21,24). The molecule has 1 aromatic rings. The summed E-state index contributed by atoms with van der Waals surface area (Å²) < 4.78 is 31.2. The summed E-state index contributed by atoms with van der Waals surface area (Å²) in [6, 6.07) is 5.72. The Balaban J connectivity index is 2.18. The van der Waals surface area contributed by atoms with Gasteiger partial charge in [0.1, 0.15) is 0 Å². The molecule has 0 radical (unpaired) electrons. The first-order valence-corrected chi connectivity index (χ1v) is 11.0. The molecule has 0 heterocycles. The van der Waals surface area contributed by atoms with E-state index in [1.165, 1.54) is 42.7 Å². The van der Waals surface area contributed by atoms with Gasteiger partial charge >= 0.3 is 5.97 Å². The third-order valence-electron chi connectivity index (χ3n) is 5.42. The topological polar surface area (TPSA) is 92.8 Å². The van der Waals surface area contributed by atoms with Crippen LogP contribution in [0.4, 0.5) is 0 Å². The van der Waals surface area contributed by atoms with Crippen molar-refractivity contribution in [1.82, 2.24) is 9.62 Å². The lowest BCUT2D eigenvalue weighted by molar-refractivity contribution is -0.142. The van der Waals surface area contributed by atoms with Crippen LogP contribution in [-0.2, 0) is 19.6 Å². The first-order valence-electron chi connectivity index (χ1n) is 9.59. The molecule has 1 saturated carbocycles. The number of carbonyl (C=O) groups is 2. The van der Waals surface area contributed by atoms with Gasteiger partial charge in [-0.3, -0.25) is 9.59 Å². The number of sulfonamides is 1. The Morgan fingerprint density at radius 3 is 2.21 bits per heavy atom. The van der Waals surface area contributed by atoms with Crippen LogP contribution in [0.15, 0.2) is 29.2 Å². The minimum Gasteiger partial charge on any atom is -0.469 e. The number of carbonyl (C=O) groups excluding carboxylic acids is 2. The summed E-state index contributed by atoms with van der Waals surface area (Å²) in [5.41, 5.74) is -0.244. The van der Waals surface area contributed by atoms with Gasteiger partial charge in [0.05, 0.1) is 24.0 Å². The van der Waals surface area contributed by atoms with Gasteiger partial charge in [0.2, 0.25) is 10.0 Å². The lowest BCUT2D eigenvalue weighted by Gasteiger charge is -2.37. The average molecular weight is 411 g/mol. The van der Waals surface area contributed by atoms with Crippen molar-refractivity contribution in [2.24, 2.45) is 0 Å². The van der Waals surface area contributed by atoms with Crippen LogP contribution >= 0.6 is 0 Å². The van der Waals surface area contributed by atoms with Crippen molar-refractivity contribution >= 4 is 21.9 Å². The van der Waals surface area contributed by atoms with E-state index in [2.05, 4.69) is 5.32 Å². The van der Waals surface area contributed by atoms with Gasteiger partial charge in [0.15, 0.2) is 0 Å². The van der Waals surface area contributed by atoms with Crippen LogP contribution in [0.3, 0.4) is 0 Å². The van der Waals surface area contributed by atoms with Gasteiger partial charge in [-0.1, -0.05) is 19.3 Å². The smallest absolute Gasteiger partial charge is 0.307 e. The Kier molecular flexibility index (Phi) is 7.22. The highest BCUT2D eigenvalue weighted by Gasteiger charge is 2.36. The first kappa shape index (κ1) is 22.4. The molecule has 1 aliphatic carbocycles. The second-order valence-corrected chi connectivity index (χ2v) is 9.68. The summed E-state index contributed by atoms with van der Waals surface area (Å²) >= 11 is 0. The fourth-order valence-electron chi connectivity index (χ4n) is 3.46. The third-order valence-corrected chi connectivity index (χ3v) is 7.47. The van der Waals surface area contributed by atoms with Gasteiger partial charge in [-0.15, -0.1) is 0 Å².